The number of unbranched alkanes of at least 4 members (excludes halogenated alkanes) is 5. The van der Waals surface area contributed by atoms with E-state index in [2.05, 4.69) is 34.1 Å². The van der Waals surface area contributed by atoms with E-state index in [0.29, 0.717) is 23.4 Å². The Bertz CT molecular complexity index is 402. The molecule has 0 aliphatic rings. The predicted molar refractivity (Wildman–Crippen MR) is 122 cm³/mol. The zero-order chi connectivity index (χ0) is 21.6. The summed E-state index contributed by atoms with van der Waals surface area (Å²) < 4.78 is 0.364. The summed E-state index contributed by atoms with van der Waals surface area (Å²) in [6.45, 7) is 7.00. The van der Waals surface area contributed by atoms with Crippen molar-refractivity contribution in [3.8, 4) is 0 Å². The topological polar surface area (TPSA) is 72.8 Å². The molecule has 0 bridgehead atoms. The fourth-order valence-electron chi connectivity index (χ4n) is 3.74. The van der Waals surface area contributed by atoms with Crippen molar-refractivity contribution in [2.75, 3.05) is 13.1 Å². The van der Waals surface area contributed by atoms with Crippen LogP contribution in [0.15, 0.2) is 0 Å². The van der Waals surface area contributed by atoms with Crippen molar-refractivity contribution in [2.24, 2.45) is 0 Å². The average Bonchev–Trinajstić information content (AvgIpc) is 2.61. The zero-order valence-corrected chi connectivity index (χ0v) is 22.3. The van der Waals surface area contributed by atoms with E-state index in [1.54, 1.807) is 5.01 Å². The molecule has 6 heteroatoms. The molecular weight excluding hydrogens is 459 g/mol. The quantitative estimate of drug-likeness (QED) is 0.152. The van der Waals surface area contributed by atoms with Crippen molar-refractivity contribution < 1.29 is 15.0 Å². The van der Waals surface area contributed by atoms with Gasteiger partial charge in [0.25, 0.3) is 0 Å². The number of hydrogen-bond acceptors (Lipinski definition) is 4. The van der Waals surface area contributed by atoms with Crippen LogP contribution in [0.4, 0.5) is 0 Å². The number of hydrogen-bond donors (Lipinski definition) is 3. The summed E-state index contributed by atoms with van der Waals surface area (Å²) in [6, 6.07) is 0. The molecule has 0 aliphatic carbocycles. The summed E-state index contributed by atoms with van der Waals surface area (Å²) in [5, 5.41) is 23.2. The Morgan fingerprint density at radius 1 is 0.893 bits per heavy atom. The molecule has 0 aromatic rings. The van der Waals surface area contributed by atoms with E-state index < -0.39 is 30.6 Å². The van der Waals surface area contributed by atoms with Crippen LogP contribution in [0.5, 0.6) is 0 Å². The molecule has 0 rings (SSSR count). The molecule has 0 spiro atoms. The van der Waals surface area contributed by atoms with Gasteiger partial charge in [-0.3, -0.25) is 0 Å². The molecule has 3 unspecified atom stereocenters. The second-order valence-electron chi connectivity index (χ2n) is 9.33. The van der Waals surface area contributed by atoms with Crippen LogP contribution in [-0.2, 0) is 4.79 Å². The number of nitrogens with one attached hydrogen (secondary N) is 1. The van der Waals surface area contributed by atoms with Crippen molar-refractivity contribution in [3.05, 3.63) is 0 Å². The van der Waals surface area contributed by atoms with Crippen LogP contribution in [0.2, 0.25) is 18.8 Å². The van der Waals surface area contributed by atoms with Gasteiger partial charge in [0.05, 0.1) is 0 Å². The van der Waals surface area contributed by atoms with Crippen LogP contribution in [0.1, 0.15) is 85.0 Å². The maximum atomic E-state index is 12.0. The average molecular weight is 507 g/mol. The van der Waals surface area contributed by atoms with Crippen LogP contribution in [0, 0.1) is 0 Å². The first kappa shape index (κ1) is 28.1. The third-order valence-electron chi connectivity index (χ3n) is 5.53. The van der Waals surface area contributed by atoms with Crippen molar-refractivity contribution in [1.82, 2.24) is 10.4 Å². The molecular formula is C22H48N2O3Sn. The number of carbonyl (C=O) groups is 1. The predicted octanol–water partition coefficient (Wildman–Crippen LogP) is 4.71. The molecule has 0 saturated carbocycles. The molecule has 0 fully saturated rings. The van der Waals surface area contributed by atoms with E-state index in [1.807, 2.05) is 6.92 Å². The fraction of sp³-hybridized carbons (Fsp3) is 0.955. The van der Waals surface area contributed by atoms with Crippen LogP contribution < -0.4 is 5.43 Å². The third kappa shape index (κ3) is 13.4. The zero-order valence-electron chi connectivity index (χ0n) is 19.5. The Morgan fingerprint density at radius 3 is 2.00 bits per heavy atom. The Morgan fingerprint density at radius 2 is 1.46 bits per heavy atom. The van der Waals surface area contributed by atoms with Crippen molar-refractivity contribution in [1.29, 1.82) is 0 Å². The standard InChI is InChI=1S/C19H39N2O3.3CH3.Sn/c1-4-7-9-11-13-17(22)15-21(20-19(24)6-3)16-18(23)14-12-10-8-5-2;;;;/h13,17-18,22-23H,4-12,14-16H2,1-3H3,(H,20,24);3*1H3;. The van der Waals surface area contributed by atoms with Crippen LogP contribution in [-0.4, -0.2) is 64.8 Å². The van der Waals surface area contributed by atoms with Gasteiger partial charge in [-0.1, -0.05) is 0 Å². The van der Waals surface area contributed by atoms with Gasteiger partial charge < -0.3 is 0 Å². The third-order valence-corrected chi connectivity index (χ3v) is 13.8. The van der Waals surface area contributed by atoms with E-state index in [-0.39, 0.29) is 5.91 Å². The number of hydrazine groups is 1. The first-order valence-electron chi connectivity index (χ1n) is 11.6. The van der Waals surface area contributed by atoms with E-state index in [9.17, 15) is 15.0 Å². The molecule has 5 nitrogen and oxygen atoms in total. The van der Waals surface area contributed by atoms with Gasteiger partial charge in [0.15, 0.2) is 0 Å². The van der Waals surface area contributed by atoms with Gasteiger partial charge in [-0.2, -0.15) is 0 Å². The van der Waals surface area contributed by atoms with Gasteiger partial charge in [0, 0.05) is 0 Å². The normalized spacial score (nSPS) is 15.5. The number of rotatable bonds is 17. The number of aliphatic hydroxyl groups excluding tert-OH is 2. The Balaban J connectivity index is 4.89. The van der Waals surface area contributed by atoms with E-state index in [1.165, 1.54) is 25.7 Å². The number of amides is 1. The summed E-state index contributed by atoms with van der Waals surface area (Å²) in [7, 11) is 0. The molecule has 3 atom stereocenters. The molecule has 0 aromatic carbocycles. The summed E-state index contributed by atoms with van der Waals surface area (Å²) in [5.74, 6) is -0.0628. The molecule has 0 radical (unpaired) electrons. The van der Waals surface area contributed by atoms with Gasteiger partial charge >= 0.3 is 179 Å². The summed E-state index contributed by atoms with van der Waals surface area (Å²) in [6.07, 6.45) is 9.36. The summed E-state index contributed by atoms with van der Waals surface area (Å²) in [5.41, 5.74) is 2.90. The first-order chi connectivity index (χ1) is 13.1. The van der Waals surface area contributed by atoms with Gasteiger partial charge in [-0.25, -0.2) is 0 Å². The summed E-state index contributed by atoms with van der Waals surface area (Å²) in [4.78, 5) is 19.1. The minimum absolute atomic E-state index is 0.0628. The maximum absolute atomic E-state index is 12.0. The molecule has 28 heavy (non-hydrogen) atoms. The number of aliphatic hydroxyl groups is 2. The van der Waals surface area contributed by atoms with Crippen LogP contribution in [0.25, 0.3) is 0 Å². The number of carbonyl (C=O) groups excluding carboxylic acids is 1. The second kappa shape index (κ2) is 15.9. The molecule has 168 valence electrons. The second-order valence-corrected chi connectivity index (χ2v) is 25.0. The molecule has 1 amide bonds. The summed E-state index contributed by atoms with van der Waals surface area (Å²) >= 11 is -2.32. The van der Waals surface area contributed by atoms with Gasteiger partial charge in [0.2, 0.25) is 0 Å². The van der Waals surface area contributed by atoms with Gasteiger partial charge in [-0.05, 0) is 0 Å². The van der Waals surface area contributed by atoms with Crippen LogP contribution >= 0.6 is 0 Å². The van der Waals surface area contributed by atoms with Gasteiger partial charge in [-0.15, -0.1) is 0 Å². The number of nitrogens with zero attached hydrogens (tertiary/aromatic N) is 1. The fourth-order valence-corrected chi connectivity index (χ4v) is 10.4. The van der Waals surface area contributed by atoms with Gasteiger partial charge in [0.1, 0.15) is 0 Å². The van der Waals surface area contributed by atoms with Crippen molar-refractivity contribution in [3.63, 3.8) is 0 Å². The molecule has 0 aliphatic heterocycles. The van der Waals surface area contributed by atoms with Crippen LogP contribution in [0.3, 0.4) is 0 Å². The van der Waals surface area contributed by atoms with E-state index in [0.717, 1.165) is 32.1 Å². The molecule has 0 saturated heterocycles. The Labute approximate surface area is 178 Å². The van der Waals surface area contributed by atoms with E-state index >= 15 is 0 Å². The molecule has 0 heterocycles. The monoisotopic (exact) mass is 508 g/mol. The van der Waals surface area contributed by atoms with E-state index in [4.69, 9.17) is 0 Å². The minimum atomic E-state index is -2.32. The Kier molecular flexibility index (Phi) is 16.0. The Hall–Kier alpha value is 0.149. The van der Waals surface area contributed by atoms with Crippen molar-refractivity contribution >= 4 is 24.3 Å². The first-order valence-corrected chi connectivity index (χ1v) is 21.8. The SMILES string of the molecule is CCCCCCC(O)CN(CC(O)[CH](CCCCC)[Sn]([CH3])([CH3])[CH3])NC(=O)CC. The molecule has 3 N–H and O–H groups in total. The van der Waals surface area contributed by atoms with Crippen molar-refractivity contribution in [2.45, 2.75) is 116 Å². The molecule has 0 aromatic heterocycles.